The summed E-state index contributed by atoms with van der Waals surface area (Å²) >= 11 is 0. The van der Waals surface area contributed by atoms with Crippen molar-refractivity contribution in [1.29, 1.82) is 0 Å². The van der Waals surface area contributed by atoms with E-state index in [9.17, 15) is 22.8 Å². The van der Waals surface area contributed by atoms with E-state index < -0.39 is 23.4 Å². The van der Waals surface area contributed by atoms with E-state index in [0.29, 0.717) is 30.9 Å². The lowest BCUT2D eigenvalue weighted by atomic mass is 9.62. The van der Waals surface area contributed by atoms with Crippen molar-refractivity contribution in [2.24, 2.45) is 5.41 Å². The first-order chi connectivity index (χ1) is 18.3. The minimum atomic E-state index is -4.70. The zero-order valence-corrected chi connectivity index (χ0v) is 20.8. The van der Waals surface area contributed by atoms with Crippen molar-refractivity contribution < 1.29 is 27.5 Å². The number of alkyl halides is 3. The molecule has 1 spiro atoms. The van der Waals surface area contributed by atoms with Gasteiger partial charge in [0.25, 0.3) is 0 Å². The van der Waals surface area contributed by atoms with Crippen LogP contribution >= 0.6 is 0 Å². The number of halogens is 3. The molecule has 2 saturated heterocycles. The lowest BCUT2D eigenvalue weighted by Crippen LogP contribution is -2.54. The lowest BCUT2D eigenvalue weighted by Gasteiger charge is -2.49. The van der Waals surface area contributed by atoms with Gasteiger partial charge in [-0.3, -0.25) is 9.59 Å². The summed E-state index contributed by atoms with van der Waals surface area (Å²) in [6.07, 6.45) is -3.60. The average Bonchev–Trinajstić information content (AvgIpc) is 2.90. The van der Waals surface area contributed by atoms with Crippen molar-refractivity contribution >= 4 is 11.8 Å². The Labute approximate surface area is 219 Å². The van der Waals surface area contributed by atoms with Gasteiger partial charge in [0.05, 0.1) is 0 Å². The maximum Gasteiger partial charge on any atom is 0.404 e. The average molecular weight is 523 g/mol. The Kier molecular flexibility index (Phi) is 7.15. The fourth-order valence-electron chi connectivity index (χ4n) is 5.85. The van der Waals surface area contributed by atoms with E-state index in [0.717, 1.165) is 5.56 Å². The van der Waals surface area contributed by atoms with E-state index in [-0.39, 0.29) is 36.9 Å². The number of nitrogens with zero attached hydrogens (tertiary/aromatic N) is 1. The minimum absolute atomic E-state index is 0.0628. The largest absolute Gasteiger partial charge is 0.457 e. The Bertz CT molecular complexity index is 1270. The van der Waals surface area contributed by atoms with Crippen LogP contribution in [0.15, 0.2) is 84.9 Å². The van der Waals surface area contributed by atoms with Crippen LogP contribution in [-0.2, 0) is 9.59 Å². The molecule has 3 aromatic rings. The maximum atomic E-state index is 14.0. The van der Waals surface area contributed by atoms with Crippen molar-refractivity contribution in [3.63, 3.8) is 0 Å². The van der Waals surface area contributed by atoms with Crippen LogP contribution in [0.5, 0.6) is 11.5 Å². The third-order valence-electron chi connectivity index (χ3n) is 7.80. The molecule has 2 atom stereocenters. The van der Waals surface area contributed by atoms with Crippen molar-refractivity contribution in [1.82, 2.24) is 10.2 Å². The number of benzene rings is 3. The summed E-state index contributed by atoms with van der Waals surface area (Å²) in [4.78, 5) is 27.1. The smallest absolute Gasteiger partial charge is 0.404 e. The standard InChI is InChI=1S/C30H29F3N2O3/c31-30(32,33)27(21-9-3-1-4-10-21)28(37)35-17-15-29(16-18-35)19-26(36)34-20-24(29)23-13-7-8-14-25(23)38-22-11-5-2-6-12-22/h1-14,24,27H,15-20H2,(H,34,36). The predicted molar refractivity (Wildman–Crippen MR) is 137 cm³/mol. The molecule has 0 radical (unpaired) electrons. The zero-order valence-electron chi connectivity index (χ0n) is 20.8. The fraction of sp³-hybridized carbons (Fsp3) is 0.333. The molecule has 0 aromatic heterocycles. The first-order valence-electron chi connectivity index (χ1n) is 12.8. The second kappa shape index (κ2) is 10.5. The van der Waals surface area contributed by atoms with Crippen LogP contribution in [0.4, 0.5) is 13.2 Å². The van der Waals surface area contributed by atoms with Gasteiger partial charge >= 0.3 is 6.18 Å². The number of hydrogen-bond acceptors (Lipinski definition) is 3. The fourth-order valence-corrected chi connectivity index (χ4v) is 5.85. The molecule has 3 aromatic carbocycles. The van der Waals surface area contributed by atoms with E-state index in [1.54, 1.807) is 6.07 Å². The second-order valence-electron chi connectivity index (χ2n) is 10.1. The quantitative estimate of drug-likeness (QED) is 0.445. The first kappa shape index (κ1) is 25.8. The van der Waals surface area contributed by atoms with Gasteiger partial charge < -0.3 is 15.0 Å². The predicted octanol–water partition coefficient (Wildman–Crippen LogP) is 6.04. The van der Waals surface area contributed by atoms with Gasteiger partial charge in [-0.2, -0.15) is 13.2 Å². The Balaban J connectivity index is 1.39. The summed E-state index contributed by atoms with van der Waals surface area (Å²) in [6, 6.07) is 24.4. The molecular weight excluding hydrogens is 493 g/mol. The van der Waals surface area contributed by atoms with E-state index in [4.69, 9.17) is 4.74 Å². The molecule has 0 bridgehead atoms. The molecule has 2 amide bonds. The summed E-state index contributed by atoms with van der Waals surface area (Å²) in [6.45, 7) is 0.713. The number of carbonyl (C=O) groups is 2. The number of nitrogens with one attached hydrogen (secondary N) is 1. The van der Waals surface area contributed by atoms with E-state index in [1.165, 1.54) is 29.2 Å². The van der Waals surface area contributed by atoms with Crippen LogP contribution in [0.1, 0.15) is 42.2 Å². The van der Waals surface area contributed by atoms with Gasteiger partial charge in [0.1, 0.15) is 11.5 Å². The molecule has 38 heavy (non-hydrogen) atoms. The SMILES string of the molecule is O=C1CC2(CCN(C(=O)C(c3ccccc3)C(F)(F)F)CC2)C(c2ccccc2Oc2ccccc2)CN1. The highest BCUT2D eigenvalue weighted by atomic mass is 19.4. The van der Waals surface area contributed by atoms with Gasteiger partial charge in [0, 0.05) is 37.5 Å². The molecule has 2 aliphatic heterocycles. The van der Waals surface area contributed by atoms with E-state index in [2.05, 4.69) is 5.32 Å². The highest BCUT2D eigenvalue weighted by Gasteiger charge is 2.51. The van der Waals surface area contributed by atoms with Crippen molar-refractivity contribution in [2.45, 2.75) is 37.3 Å². The van der Waals surface area contributed by atoms with Crippen molar-refractivity contribution in [3.05, 3.63) is 96.1 Å². The topological polar surface area (TPSA) is 58.6 Å². The maximum absolute atomic E-state index is 14.0. The number of amides is 2. The Morgan fingerprint density at radius 1 is 0.921 bits per heavy atom. The summed E-state index contributed by atoms with van der Waals surface area (Å²) < 4.78 is 48.2. The molecule has 0 aliphatic carbocycles. The summed E-state index contributed by atoms with van der Waals surface area (Å²) in [5.74, 6) is -1.97. The third-order valence-corrected chi connectivity index (χ3v) is 7.80. The monoisotopic (exact) mass is 522 g/mol. The minimum Gasteiger partial charge on any atom is -0.457 e. The number of rotatable bonds is 5. The van der Waals surface area contributed by atoms with Crippen LogP contribution in [0.2, 0.25) is 0 Å². The van der Waals surface area contributed by atoms with E-state index in [1.807, 2.05) is 54.6 Å². The molecule has 2 unspecified atom stereocenters. The van der Waals surface area contributed by atoms with Gasteiger partial charge in [0.15, 0.2) is 5.92 Å². The molecule has 1 N–H and O–H groups in total. The van der Waals surface area contributed by atoms with Crippen molar-refractivity contribution in [3.8, 4) is 11.5 Å². The third kappa shape index (κ3) is 5.26. The molecule has 5 nitrogen and oxygen atoms in total. The van der Waals surface area contributed by atoms with Gasteiger partial charge in [0.2, 0.25) is 11.8 Å². The highest BCUT2D eigenvalue weighted by molar-refractivity contribution is 5.85. The Morgan fingerprint density at radius 3 is 2.18 bits per heavy atom. The normalized spacial score (nSPS) is 20.0. The summed E-state index contributed by atoms with van der Waals surface area (Å²) in [5.41, 5.74) is 0.385. The molecule has 2 fully saturated rings. The zero-order chi connectivity index (χ0) is 26.8. The van der Waals surface area contributed by atoms with Crippen LogP contribution in [0.3, 0.4) is 0 Å². The molecule has 8 heteroatoms. The summed E-state index contributed by atoms with van der Waals surface area (Å²) in [7, 11) is 0. The second-order valence-corrected chi connectivity index (χ2v) is 10.1. The molecule has 198 valence electrons. The molecule has 2 aliphatic rings. The number of piperidine rings is 2. The lowest BCUT2D eigenvalue weighted by molar-refractivity contribution is -0.173. The van der Waals surface area contributed by atoms with Crippen molar-refractivity contribution in [2.75, 3.05) is 19.6 Å². The number of para-hydroxylation sites is 2. The molecule has 0 saturated carbocycles. The Hall–Kier alpha value is -3.81. The van der Waals surface area contributed by atoms with Gasteiger partial charge in [-0.15, -0.1) is 0 Å². The number of likely N-dealkylation sites (tertiary alicyclic amines) is 1. The molecular formula is C30H29F3N2O3. The number of carbonyl (C=O) groups excluding carboxylic acids is 2. The van der Waals surface area contributed by atoms with Gasteiger partial charge in [-0.05, 0) is 42.0 Å². The highest BCUT2D eigenvalue weighted by Crippen LogP contribution is 2.51. The first-order valence-corrected chi connectivity index (χ1v) is 12.8. The Morgan fingerprint density at radius 2 is 1.53 bits per heavy atom. The van der Waals surface area contributed by atoms with Gasteiger partial charge in [-0.1, -0.05) is 66.7 Å². The van der Waals surface area contributed by atoms with Crippen LogP contribution < -0.4 is 10.1 Å². The van der Waals surface area contributed by atoms with Crippen LogP contribution in [0.25, 0.3) is 0 Å². The van der Waals surface area contributed by atoms with Gasteiger partial charge in [-0.25, -0.2) is 0 Å². The molecule has 5 rings (SSSR count). The van der Waals surface area contributed by atoms with Crippen LogP contribution in [-0.4, -0.2) is 42.5 Å². The number of ether oxygens (including phenoxy) is 1. The summed E-state index contributed by atoms with van der Waals surface area (Å²) in [5, 5.41) is 2.96. The van der Waals surface area contributed by atoms with Crippen LogP contribution in [0, 0.1) is 5.41 Å². The van der Waals surface area contributed by atoms with E-state index >= 15 is 0 Å². The number of hydrogen-bond donors (Lipinski definition) is 1. The molecule has 2 heterocycles.